The maximum atomic E-state index is 3.75. The van der Waals surface area contributed by atoms with Gasteiger partial charge in [0.05, 0.1) is 0 Å². The highest BCUT2D eigenvalue weighted by molar-refractivity contribution is 5.28. The van der Waals surface area contributed by atoms with E-state index in [2.05, 4.69) is 70.0 Å². The van der Waals surface area contributed by atoms with Crippen LogP contribution >= 0.6 is 0 Å². The second kappa shape index (κ2) is 6.93. The number of nitrogens with one attached hydrogen (secondary N) is 1. The molecule has 2 nitrogen and oxygen atoms in total. The molecule has 2 atom stereocenters. The van der Waals surface area contributed by atoms with Gasteiger partial charge in [0.15, 0.2) is 0 Å². The predicted molar refractivity (Wildman–Crippen MR) is 91.6 cm³/mol. The molecule has 1 aromatic carbocycles. The summed E-state index contributed by atoms with van der Waals surface area (Å²) in [6, 6.07) is 8.21. The number of benzene rings is 1. The summed E-state index contributed by atoms with van der Waals surface area (Å²) < 4.78 is 0. The van der Waals surface area contributed by atoms with Crippen LogP contribution in [0.4, 0.5) is 0 Å². The lowest BCUT2D eigenvalue weighted by Gasteiger charge is -2.43. The van der Waals surface area contributed by atoms with E-state index in [9.17, 15) is 0 Å². The number of aryl methyl sites for hydroxylation is 2. The van der Waals surface area contributed by atoms with Crippen LogP contribution in [0.3, 0.4) is 0 Å². The molecule has 1 N–H and O–H groups in total. The minimum Gasteiger partial charge on any atom is -0.311 e. The quantitative estimate of drug-likeness (QED) is 0.907. The van der Waals surface area contributed by atoms with E-state index in [0.29, 0.717) is 23.9 Å². The van der Waals surface area contributed by atoms with Crippen molar-refractivity contribution < 1.29 is 0 Å². The largest absolute Gasteiger partial charge is 0.311 e. The van der Waals surface area contributed by atoms with Gasteiger partial charge in [-0.25, -0.2) is 0 Å². The van der Waals surface area contributed by atoms with Gasteiger partial charge in [-0.1, -0.05) is 57.0 Å². The molecule has 2 unspecified atom stereocenters. The molecule has 1 aromatic rings. The predicted octanol–water partition coefficient (Wildman–Crippen LogP) is 3.76. The fraction of sp³-hybridized carbons (Fsp3) is 0.684. The Balaban J connectivity index is 2.15. The molecule has 0 amide bonds. The summed E-state index contributed by atoms with van der Waals surface area (Å²) in [5.74, 6) is 1.39. The van der Waals surface area contributed by atoms with Crippen LogP contribution in [0.2, 0.25) is 0 Å². The average Bonchev–Trinajstić information content (AvgIpc) is 2.36. The molecule has 0 spiro atoms. The zero-order valence-corrected chi connectivity index (χ0v) is 14.6. The van der Waals surface area contributed by atoms with E-state index in [-0.39, 0.29) is 0 Å². The van der Waals surface area contributed by atoms with E-state index in [4.69, 9.17) is 0 Å². The van der Waals surface area contributed by atoms with Gasteiger partial charge in [-0.2, -0.15) is 0 Å². The van der Waals surface area contributed by atoms with E-state index in [1.54, 1.807) is 0 Å². The SMILES string of the molecule is Cc1cc(C)cc(CN2CC(C(C)C)NCC2C(C)C)c1. The van der Waals surface area contributed by atoms with E-state index in [0.717, 1.165) is 19.6 Å². The summed E-state index contributed by atoms with van der Waals surface area (Å²) in [5.41, 5.74) is 4.21. The lowest BCUT2D eigenvalue weighted by Crippen LogP contribution is -2.59. The van der Waals surface area contributed by atoms with Crippen molar-refractivity contribution in [2.24, 2.45) is 11.8 Å². The van der Waals surface area contributed by atoms with Crippen molar-refractivity contribution in [3.8, 4) is 0 Å². The Morgan fingerprint density at radius 1 is 1.05 bits per heavy atom. The molecular weight excluding hydrogens is 256 g/mol. The molecule has 0 aromatic heterocycles. The van der Waals surface area contributed by atoms with Gasteiger partial charge in [-0.15, -0.1) is 0 Å². The number of nitrogens with zero attached hydrogens (tertiary/aromatic N) is 1. The number of piperazine rings is 1. The molecule has 1 saturated heterocycles. The van der Waals surface area contributed by atoms with Crippen molar-refractivity contribution in [2.75, 3.05) is 13.1 Å². The first-order chi connectivity index (χ1) is 9.86. The number of rotatable bonds is 4. The molecule has 1 heterocycles. The van der Waals surface area contributed by atoms with Crippen molar-refractivity contribution in [3.05, 3.63) is 34.9 Å². The van der Waals surface area contributed by atoms with Crippen LogP contribution < -0.4 is 5.32 Å². The monoisotopic (exact) mass is 288 g/mol. The smallest absolute Gasteiger partial charge is 0.0247 e. The van der Waals surface area contributed by atoms with Gasteiger partial charge >= 0.3 is 0 Å². The van der Waals surface area contributed by atoms with Crippen LogP contribution in [0.25, 0.3) is 0 Å². The van der Waals surface area contributed by atoms with E-state index in [1.807, 2.05) is 0 Å². The zero-order valence-electron chi connectivity index (χ0n) is 14.6. The van der Waals surface area contributed by atoms with Crippen molar-refractivity contribution in [1.82, 2.24) is 10.2 Å². The molecule has 1 aliphatic rings. The highest BCUT2D eigenvalue weighted by atomic mass is 15.2. The first kappa shape index (κ1) is 16.5. The molecule has 21 heavy (non-hydrogen) atoms. The summed E-state index contributed by atoms with van der Waals surface area (Å²) in [4.78, 5) is 2.69. The molecule has 2 heteroatoms. The maximum Gasteiger partial charge on any atom is 0.0247 e. The summed E-state index contributed by atoms with van der Waals surface area (Å²) in [6.07, 6.45) is 0. The first-order valence-electron chi connectivity index (χ1n) is 8.41. The zero-order chi connectivity index (χ0) is 15.6. The minimum absolute atomic E-state index is 0.617. The first-order valence-corrected chi connectivity index (χ1v) is 8.41. The molecule has 118 valence electrons. The summed E-state index contributed by atoms with van der Waals surface area (Å²) >= 11 is 0. The number of hydrogen-bond acceptors (Lipinski definition) is 2. The fourth-order valence-corrected chi connectivity index (χ4v) is 3.53. The molecule has 1 fully saturated rings. The van der Waals surface area contributed by atoms with Gasteiger partial charge in [0, 0.05) is 31.7 Å². The van der Waals surface area contributed by atoms with Crippen LogP contribution in [0.15, 0.2) is 18.2 Å². The van der Waals surface area contributed by atoms with Gasteiger partial charge in [-0.05, 0) is 31.2 Å². The Hall–Kier alpha value is -0.860. The molecular formula is C19H32N2. The molecule has 0 radical (unpaired) electrons. The van der Waals surface area contributed by atoms with E-state index in [1.165, 1.54) is 16.7 Å². The molecule has 0 saturated carbocycles. The third-order valence-corrected chi connectivity index (χ3v) is 4.73. The van der Waals surface area contributed by atoms with E-state index < -0.39 is 0 Å². The van der Waals surface area contributed by atoms with Crippen LogP contribution in [0.5, 0.6) is 0 Å². The Morgan fingerprint density at radius 3 is 2.19 bits per heavy atom. The average molecular weight is 288 g/mol. The Kier molecular flexibility index (Phi) is 5.45. The Bertz CT molecular complexity index is 444. The highest BCUT2D eigenvalue weighted by Crippen LogP contribution is 2.21. The van der Waals surface area contributed by atoms with Gasteiger partial charge < -0.3 is 5.32 Å². The molecule has 1 aliphatic heterocycles. The molecule has 0 aliphatic carbocycles. The van der Waals surface area contributed by atoms with Gasteiger partial charge in [-0.3, -0.25) is 4.90 Å². The standard InChI is InChI=1S/C19H32N2/c1-13(2)18-12-21(19(10-20-18)14(3)4)11-17-8-15(5)7-16(6)9-17/h7-9,13-14,18-20H,10-12H2,1-6H3. The topological polar surface area (TPSA) is 15.3 Å². The van der Waals surface area contributed by atoms with Gasteiger partial charge in [0.25, 0.3) is 0 Å². The number of hydrogen-bond donors (Lipinski definition) is 1. The van der Waals surface area contributed by atoms with E-state index >= 15 is 0 Å². The Morgan fingerprint density at radius 2 is 1.67 bits per heavy atom. The van der Waals surface area contributed by atoms with Crippen molar-refractivity contribution >= 4 is 0 Å². The van der Waals surface area contributed by atoms with Gasteiger partial charge in [0.2, 0.25) is 0 Å². The Labute approximate surface area is 130 Å². The second-order valence-corrected chi connectivity index (χ2v) is 7.50. The minimum atomic E-state index is 0.617. The van der Waals surface area contributed by atoms with Crippen molar-refractivity contribution in [2.45, 2.75) is 60.2 Å². The third-order valence-electron chi connectivity index (χ3n) is 4.73. The summed E-state index contributed by atoms with van der Waals surface area (Å²) in [7, 11) is 0. The molecule has 2 rings (SSSR count). The van der Waals surface area contributed by atoms with Crippen LogP contribution in [-0.2, 0) is 6.54 Å². The van der Waals surface area contributed by atoms with Gasteiger partial charge in [0.1, 0.15) is 0 Å². The maximum absolute atomic E-state index is 3.75. The fourth-order valence-electron chi connectivity index (χ4n) is 3.53. The lowest BCUT2D eigenvalue weighted by atomic mass is 9.93. The van der Waals surface area contributed by atoms with Crippen LogP contribution in [-0.4, -0.2) is 30.1 Å². The normalized spacial score (nSPS) is 24.0. The van der Waals surface area contributed by atoms with Crippen molar-refractivity contribution in [1.29, 1.82) is 0 Å². The third kappa shape index (κ3) is 4.31. The highest BCUT2D eigenvalue weighted by Gasteiger charge is 2.30. The summed E-state index contributed by atoms with van der Waals surface area (Å²) in [5, 5.41) is 3.75. The van der Waals surface area contributed by atoms with Crippen LogP contribution in [0.1, 0.15) is 44.4 Å². The lowest BCUT2D eigenvalue weighted by molar-refractivity contribution is 0.0783. The summed E-state index contributed by atoms with van der Waals surface area (Å²) in [6.45, 7) is 17.1. The van der Waals surface area contributed by atoms with Crippen molar-refractivity contribution in [3.63, 3.8) is 0 Å². The second-order valence-electron chi connectivity index (χ2n) is 7.50. The van der Waals surface area contributed by atoms with Crippen LogP contribution in [0, 0.1) is 25.7 Å². The molecule has 0 bridgehead atoms.